The van der Waals surface area contributed by atoms with E-state index in [1.54, 1.807) is 12.4 Å². The van der Waals surface area contributed by atoms with Gasteiger partial charge in [0, 0.05) is 12.7 Å². The van der Waals surface area contributed by atoms with Gasteiger partial charge in [-0.05, 0) is 25.0 Å². The van der Waals surface area contributed by atoms with Gasteiger partial charge in [0.2, 0.25) is 0 Å². The molecule has 104 valence electrons. The Labute approximate surface area is 116 Å². The van der Waals surface area contributed by atoms with Crippen LogP contribution in [0.1, 0.15) is 12.8 Å². The van der Waals surface area contributed by atoms with Gasteiger partial charge in [0.1, 0.15) is 18.2 Å². The summed E-state index contributed by atoms with van der Waals surface area (Å²) in [4.78, 5) is 13.6. The molecule has 1 unspecified atom stereocenters. The number of piperidine rings is 1. The smallest absolute Gasteiger partial charge is 0.183 e. The zero-order valence-corrected chi connectivity index (χ0v) is 10.9. The number of rotatable bonds is 3. The zero-order chi connectivity index (χ0) is 13.8. The van der Waals surface area contributed by atoms with E-state index in [9.17, 15) is 4.39 Å². The van der Waals surface area contributed by atoms with Crippen LogP contribution in [0.2, 0.25) is 0 Å². The molecule has 0 saturated carbocycles. The van der Waals surface area contributed by atoms with Crippen LogP contribution in [0.15, 0.2) is 37.1 Å². The Morgan fingerprint density at radius 2 is 2.25 bits per heavy atom. The Bertz CT molecular complexity index is 566. The van der Waals surface area contributed by atoms with Crippen molar-refractivity contribution in [3.63, 3.8) is 0 Å². The fourth-order valence-electron chi connectivity index (χ4n) is 2.37. The van der Waals surface area contributed by atoms with E-state index in [1.807, 2.05) is 17.0 Å². The lowest BCUT2D eigenvalue weighted by molar-refractivity contribution is 0.178. The molecule has 0 aromatic carbocycles. The number of aromatic nitrogens is 3. The number of halogens is 1. The predicted molar refractivity (Wildman–Crippen MR) is 72.1 cm³/mol. The van der Waals surface area contributed by atoms with Crippen LogP contribution < -0.4 is 9.64 Å². The molecule has 0 bridgehead atoms. The molecule has 0 amide bonds. The van der Waals surface area contributed by atoms with Crippen LogP contribution in [-0.2, 0) is 0 Å². The van der Waals surface area contributed by atoms with E-state index < -0.39 is 5.82 Å². The maximum atomic E-state index is 13.7. The molecule has 5 nitrogen and oxygen atoms in total. The molecular weight excluding hydrogens is 259 g/mol. The molecule has 1 atom stereocenters. The van der Waals surface area contributed by atoms with E-state index in [-0.39, 0.29) is 6.10 Å². The van der Waals surface area contributed by atoms with Gasteiger partial charge in [-0.15, -0.1) is 0 Å². The second-order valence-corrected chi connectivity index (χ2v) is 4.71. The van der Waals surface area contributed by atoms with Crippen LogP contribution in [-0.4, -0.2) is 34.1 Å². The molecule has 0 N–H and O–H groups in total. The van der Waals surface area contributed by atoms with Gasteiger partial charge in [0.05, 0.1) is 18.9 Å². The Balaban J connectivity index is 1.69. The van der Waals surface area contributed by atoms with Crippen LogP contribution >= 0.6 is 0 Å². The largest absolute Gasteiger partial charge is 0.487 e. The van der Waals surface area contributed by atoms with Gasteiger partial charge in [-0.25, -0.2) is 14.4 Å². The Morgan fingerprint density at radius 1 is 1.30 bits per heavy atom. The normalized spacial score (nSPS) is 18.9. The summed E-state index contributed by atoms with van der Waals surface area (Å²) in [7, 11) is 0. The fourth-order valence-corrected chi connectivity index (χ4v) is 2.37. The summed E-state index contributed by atoms with van der Waals surface area (Å²) in [5.41, 5.74) is 0. The Kier molecular flexibility index (Phi) is 3.71. The minimum atomic E-state index is -0.394. The van der Waals surface area contributed by atoms with Crippen molar-refractivity contribution in [1.82, 2.24) is 15.0 Å². The summed E-state index contributed by atoms with van der Waals surface area (Å²) >= 11 is 0. The number of ether oxygens (including phenoxy) is 1. The van der Waals surface area contributed by atoms with Gasteiger partial charge in [-0.1, -0.05) is 0 Å². The third-order valence-corrected chi connectivity index (χ3v) is 3.26. The van der Waals surface area contributed by atoms with Gasteiger partial charge in [0.15, 0.2) is 11.6 Å². The highest BCUT2D eigenvalue weighted by atomic mass is 19.1. The molecule has 6 heteroatoms. The average molecular weight is 274 g/mol. The molecule has 2 aromatic rings. The highest BCUT2D eigenvalue weighted by molar-refractivity contribution is 5.39. The maximum Gasteiger partial charge on any atom is 0.183 e. The maximum absolute atomic E-state index is 13.7. The van der Waals surface area contributed by atoms with Crippen molar-refractivity contribution in [2.24, 2.45) is 0 Å². The van der Waals surface area contributed by atoms with Crippen LogP contribution in [0.25, 0.3) is 0 Å². The number of hydrogen-bond donors (Lipinski definition) is 0. The summed E-state index contributed by atoms with van der Waals surface area (Å²) in [6, 6.07) is 3.71. The first-order valence-electron chi connectivity index (χ1n) is 6.60. The molecule has 3 rings (SSSR count). The van der Waals surface area contributed by atoms with Gasteiger partial charge in [-0.3, -0.25) is 4.98 Å². The van der Waals surface area contributed by atoms with Crippen molar-refractivity contribution in [3.8, 4) is 5.75 Å². The zero-order valence-electron chi connectivity index (χ0n) is 10.9. The number of pyridine rings is 1. The minimum Gasteiger partial charge on any atom is -0.487 e. The molecule has 1 saturated heterocycles. The van der Waals surface area contributed by atoms with Crippen LogP contribution in [0, 0.1) is 5.82 Å². The standard InChI is InChI=1S/C14H15FN4O/c15-13-8-17-10-18-14(13)19-6-2-4-12(9-19)20-11-3-1-5-16-7-11/h1,3,5,7-8,10,12H,2,4,6,9H2. The average Bonchev–Trinajstić information content (AvgIpc) is 2.49. The van der Waals surface area contributed by atoms with Gasteiger partial charge < -0.3 is 9.64 Å². The number of nitrogens with zero attached hydrogens (tertiary/aromatic N) is 4. The number of hydrogen-bond acceptors (Lipinski definition) is 5. The molecule has 20 heavy (non-hydrogen) atoms. The monoisotopic (exact) mass is 274 g/mol. The lowest BCUT2D eigenvalue weighted by atomic mass is 10.1. The molecule has 0 aliphatic carbocycles. The second-order valence-electron chi connectivity index (χ2n) is 4.71. The molecule has 1 fully saturated rings. The predicted octanol–water partition coefficient (Wildman–Crippen LogP) is 2.06. The Morgan fingerprint density at radius 3 is 3.05 bits per heavy atom. The van der Waals surface area contributed by atoms with Crippen molar-refractivity contribution in [3.05, 3.63) is 42.9 Å². The first-order valence-corrected chi connectivity index (χ1v) is 6.60. The summed E-state index contributed by atoms with van der Waals surface area (Å²) < 4.78 is 19.6. The first kappa shape index (κ1) is 12.8. The summed E-state index contributed by atoms with van der Waals surface area (Å²) in [6.45, 7) is 1.39. The molecule has 3 heterocycles. The third-order valence-electron chi connectivity index (χ3n) is 3.26. The minimum absolute atomic E-state index is 0.0160. The topological polar surface area (TPSA) is 51.1 Å². The number of anilines is 1. The summed E-state index contributed by atoms with van der Waals surface area (Å²) in [6.07, 6.45) is 7.84. The molecule has 0 radical (unpaired) electrons. The second kappa shape index (κ2) is 5.81. The van der Waals surface area contributed by atoms with Gasteiger partial charge >= 0.3 is 0 Å². The molecular formula is C14H15FN4O. The quantitative estimate of drug-likeness (QED) is 0.857. The fraction of sp³-hybridized carbons (Fsp3) is 0.357. The molecule has 1 aliphatic rings. The van der Waals surface area contributed by atoms with E-state index in [0.717, 1.165) is 25.1 Å². The van der Waals surface area contributed by atoms with Gasteiger partial charge in [-0.2, -0.15) is 0 Å². The SMILES string of the molecule is Fc1cncnc1N1CCCC(Oc2cccnc2)C1. The highest BCUT2D eigenvalue weighted by Crippen LogP contribution is 2.22. The summed E-state index contributed by atoms with van der Waals surface area (Å²) in [5.74, 6) is 0.691. The van der Waals surface area contributed by atoms with E-state index in [1.165, 1.54) is 12.5 Å². The highest BCUT2D eigenvalue weighted by Gasteiger charge is 2.24. The molecule has 2 aromatic heterocycles. The van der Waals surface area contributed by atoms with Crippen molar-refractivity contribution < 1.29 is 9.13 Å². The lowest BCUT2D eigenvalue weighted by Gasteiger charge is -2.33. The first-order chi connectivity index (χ1) is 9.83. The van der Waals surface area contributed by atoms with Crippen molar-refractivity contribution >= 4 is 5.82 Å². The van der Waals surface area contributed by atoms with E-state index in [4.69, 9.17) is 4.74 Å². The van der Waals surface area contributed by atoms with E-state index in [0.29, 0.717) is 12.4 Å². The molecule has 1 aliphatic heterocycles. The van der Waals surface area contributed by atoms with Crippen molar-refractivity contribution in [1.29, 1.82) is 0 Å². The van der Waals surface area contributed by atoms with Crippen LogP contribution in [0.4, 0.5) is 10.2 Å². The third kappa shape index (κ3) is 2.84. The Hall–Kier alpha value is -2.24. The molecule has 0 spiro atoms. The van der Waals surface area contributed by atoms with Crippen LogP contribution in [0.5, 0.6) is 5.75 Å². The van der Waals surface area contributed by atoms with Crippen molar-refractivity contribution in [2.45, 2.75) is 18.9 Å². The van der Waals surface area contributed by atoms with Gasteiger partial charge in [0.25, 0.3) is 0 Å². The van der Waals surface area contributed by atoms with E-state index in [2.05, 4.69) is 15.0 Å². The van der Waals surface area contributed by atoms with Crippen LogP contribution in [0.3, 0.4) is 0 Å². The lowest BCUT2D eigenvalue weighted by Crippen LogP contribution is -2.42. The van der Waals surface area contributed by atoms with Crippen molar-refractivity contribution in [2.75, 3.05) is 18.0 Å². The van der Waals surface area contributed by atoms with E-state index >= 15 is 0 Å². The summed E-state index contributed by atoms with van der Waals surface area (Å²) in [5, 5.41) is 0.